The number of nitrogen functional groups attached to an aromatic ring is 1. The molecule has 1 aromatic heterocycles. The summed E-state index contributed by atoms with van der Waals surface area (Å²) in [6.45, 7) is 4.41. The summed E-state index contributed by atoms with van der Waals surface area (Å²) in [4.78, 5) is 59.2. The van der Waals surface area contributed by atoms with E-state index in [0.29, 0.717) is 17.7 Å². The van der Waals surface area contributed by atoms with Gasteiger partial charge in [-0.2, -0.15) is 0 Å². The van der Waals surface area contributed by atoms with Crippen molar-refractivity contribution in [3.8, 4) is 0 Å². The number of aliphatic carboxylic acids is 2. The molecule has 1 aromatic rings. The molecule has 0 radical (unpaired) electrons. The van der Waals surface area contributed by atoms with Gasteiger partial charge in [0.25, 0.3) is 11.8 Å². The first kappa shape index (κ1) is 25.2. The molecule has 0 bridgehead atoms. The van der Waals surface area contributed by atoms with Gasteiger partial charge in [-0.1, -0.05) is 24.2 Å². The van der Waals surface area contributed by atoms with Gasteiger partial charge in [0.15, 0.2) is 10.8 Å². The smallest absolute Gasteiger partial charge is 0.352 e. The lowest BCUT2D eigenvalue weighted by Crippen LogP contribution is -2.71. The molecule has 5 N–H and O–H groups in total. The van der Waals surface area contributed by atoms with Crippen LogP contribution in [-0.2, 0) is 24.0 Å². The summed E-state index contributed by atoms with van der Waals surface area (Å²) in [6.07, 6.45) is 4.20. The molecule has 2 atom stereocenters. The highest BCUT2D eigenvalue weighted by molar-refractivity contribution is 8.00. The summed E-state index contributed by atoms with van der Waals surface area (Å²) in [5.74, 6) is -3.63. The zero-order valence-electron chi connectivity index (χ0n) is 18.5. The molecule has 1 unspecified atom stereocenters. The normalized spacial score (nSPS) is 20.7. The number of thioether (sulfide) groups is 1. The maximum atomic E-state index is 13.0. The van der Waals surface area contributed by atoms with Gasteiger partial charge >= 0.3 is 11.9 Å². The summed E-state index contributed by atoms with van der Waals surface area (Å²) < 4.78 is 0. The Labute approximate surface area is 202 Å². The van der Waals surface area contributed by atoms with E-state index in [1.807, 2.05) is 13.0 Å². The third kappa shape index (κ3) is 4.92. The number of nitrogens with zero attached hydrogens (tertiary/aromatic N) is 3. The van der Waals surface area contributed by atoms with Crippen molar-refractivity contribution in [2.75, 3.05) is 11.5 Å². The van der Waals surface area contributed by atoms with Crippen LogP contribution in [0.2, 0.25) is 0 Å². The van der Waals surface area contributed by atoms with E-state index >= 15 is 0 Å². The zero-order valence-corrected chi connectivity index (χ0v) is 20.1. The van der Waals surface area contributed by atoms with Crippen LogP contribution in [0, 0.1) is 0 Å². The molecule has 2 aliphatic heterocycles. The second kappa shape index (κ2) is 9.85. The molecule has 182 valence electrons. The van der Waals surface area contributed by atoms with E-state index in [1.165, 1.54) is 31.0 Å². The monoisotopic (exact) mass is 509 g/mol. The number of carbonyl (C=O) groups is 4. The van der Waals surface area contributed by atoms with Crippen LogP contribution in [0.4, 0.5) is 5.13 Å². The van der Waals surface area contributed by atoms with Crippen molar-refractivity contribution in [2.45, 2.75) is 44.2 Å². The number of fused-ring (bicyclic) bond motifs is 1. The molecule has 2 aliphatic rings. The van der Waals surface area contributed by atoms with Crippen molar-refractivity contribution in [3.05, 3.63) is 34.5 Å². The second-order valence-electron chi connectivity index (χ2n) is 7.77. The van der Waals surface area contributed by atoms with Crippen LogP contribution in [0.3, 0.4) is 0 Å². The van der Waals surface area contributed by atoms with E-state index < -0.39 is 40.8 Å². The Kier molecular flexibility index (Phi) is 7.31. The number of oxime groups is 1. The van der Waals surface area contributed by atoms with Crippen LogP contribution in [0.5, 0.6) is 0 Å². The van der Waals surface area contributed by atoms with Gasteiger partial charge in [-0.05, 0) is 25.8 Å². The Morgan fingerprint density at radius 2 is 2.12 bits per heavy atom. The van der Waals surface area contributed by atoms with Gasteiger partial charge < -0.3 is 26.1 Å². The summed E-state index contributed by atoms with van der Waals surface area (Å²) >= 11 is 2.35. The minimum absolute atomic E-state index is 0.0409. The molecule has 1 fully saturated rings. The van der Waals surface area contributed by atoms with Crippen molar-refractivity contribution in [1.29, 1.82) is 0 Å². The first-order chi connectivity index (χ1) is 16.0. The average molecular weight is 510 g/mol. The van der Waals surface area contributed by atoms with E-state index in [4.69, 9.17) is 10.6 Å². The van der Waals surface area contributed by atoms with Crippen LogP contribution in [-0.4, -0.2) is 72.3 Å². The van der Waals surface area contributed by atoms with Crippen LogP contribution in [0.15, 0.2) is 34.0 Å². The number of rotatable bonds is 9. The van der Waals surface area contributed by atoms with Crippen LogP contribution >= 0.6 is 23.1 Å². The largest absolute Gasteiger partial charge is 0.478 e. The van der Waals surface area contributed by atoms with E-state index in [2.05, 4.69) is 15.5 Å². The molecular formula is C20H23N5O7S2. The number of anilines is 1. The van der Waals surface area contributed by atoms with E-state index in [1.54, 1.807) is 6.08 Å². The Balaban J connectivity index is 1.84. The number of amides is 2. The predicted molar refractivity (Wildman–Crippen MR) is 125 cm³/mol. The molecule has 0 aromatic carbocycles. The molecule has 2 amide bonds. The highest BCUT2D eigenvalue weighted by Gasteiger charge is 2.54. The third-order valence-electron chi connectivity index (χ3n) is 4.90. The van der Waals surface area contributed by atoms with Crippen molar-refractivity contribution in [2.24, 2.45) is 5.16 Å². The van der Waals surface area contributed by atoms with Crippen molar-refractivity contribution in [1.82, 2.24) is 15.2 Å². The quantitative estimate of drug-likeness (QED) is 0.213. The molecule has 14 heteroatoms. The lowest BCUT2D eigenvalue weighted by atomic mass is 10.0. The molecular weight excluding hydrogens is 486 g/mol. The predicted octanol–water partition coefficient (Wildman–Crippen LogP) is 1.01. The van der Waals surface area contributed by atoms with Crippen molar-refractivity contribution < 1.29 is 34.2 Å². The van der Waals surface area contributed by atoms with Crippen molar-refractivity contribution in [3.63, 3.8) is 0 Å². The minimum atomic E-state index is -1.74. The summed E-state index contributed by atoms with van der Waals surface area (Å²) in [7, 11) is 0. The van der Waals surface area contributed by atoms with E-state index in [-0.39, 0.29) is 22.2 Å². The number of β-lactam (4-membered cyclic amide) rings is 1. The van der Waals surface area contributed by atoms with Crippen molar-refractivity contribution >= 4 is 57.7 Å². The number of carboxylic acids is 2. The Hall–Kier alpha value is -3.39. The van der Waals surface area contributed by atoms with Gasteiger partial charge in [-0.25, -0.2) is 14.6 Å². The molecule has 34 heavy (non-hydrogen) atoms. The fourth-order valence-corrected chi connectivity index (χ4v) is 4.91. The zero-order chi connectivity index (χ0) is 25.2. The van der Waals surface area contributed by atoms with Gasteiger partial charge in [0.1, 0.15) is 22.8 Å². The minimum Gasteiger partial charge on any atom is -0.478 e. The lowest BCUT2D eigenvalue weighted by molar-refractivity contribution is -0.161. The number of thiazole rings is 1. The van der Waals surface area contributed by atoms with Gasteiger partial charge in [0, 0.05) is 11.1 Å². The summed E-state index contributed by atoms with van der Waals surface area (Å²) in [5, 5.41) is 26.1. The number of carboxylic acid groups (broad SMARTS) is 2. The standard InChI is InChI=1S/C20H23N5O7S2/c1-4-5-6-9-7-33-16-12(15(27)25(16)13(9)17(28)29)23-14(26)11(10-8-34-19(21)22-10)24-32-20(2,3)18(30)31/h5-6,8,12,16H,4,7H2,1-3H3,(H2,21,22)(H,23,26)(H,28,29)(H,30,31)/b6-5+,24-11-/t12-,16?/m1/s1. The van der Waals surface area contributed by atoms with Gasteiger partial charge in [0.05, 0.1) is 0 Å². The molecule has 0 spiro atoms. The number of hydrogen-bond donors (Lipinski definition) is 4. The van der Waals surface area contributed by atoms with Gasteiger partial charge in [-0.3, -0.25) is 14.5 Å². The van der Waals surface area contributed by atoms with Crippen LogP contribution in [0.25, 0.3) is 0 Å². The summed E-state index contributed by atoms with van der Waals surface area (Å²) in [5.41, 5.74) is 3.98. The van der Waals surface area contributed by atoms with Crippen LogP contribution in [0.1, 0.15) is 32.9 Å². The highest BCUT2D eigenvalue weighted by Crippen LogP contribution is 2.40. The Morgan fingerprint density at radius 1 is 1.41 bits per heavy atom. The van der Waals surface area contributed by atoms with Crippen LogP contribution < -0.4 is 11.1 Å². The van der Waals surface area contributed by atoms with E-state index in [9.17, 15) is 29.4 Å². The number of allylic oxidation sites excluding steroid dienone is 2. The molecule has 12 nitrogen and oxygen atoms in total. The van der Waals surface area contributed by atoms with Gasteiger partial charge in [0.2, 0.25) is 5.60 Å². The number of hydrogen-bond acceptors (Lipinski definition) is 10. The van der Waals surface area contributed by atoms with E-state index in [0.717, 1.165) is 16.2 Å². The summed E-state index contributed by atoms with van der Waals surface area (Å²) in [6, 6.07) is -1.02. The SMILES string of the molecule is CC/C=C/C1=C(C(=O)O)N2C(=O)[C@@H](NC(=O)/C(=N\OC(C)(C)C(=O)O)c3csc(N)n3)C2SC1. The molecule has 3 heterocycles. The average Bonchev–Trinajstić information content (AvgIpc) is 3.20. The number of carbonyl (C=O) groups excluding carboxylic acids is 2. The first-order valence-electron chi connectivity index (χ1n) is 10.1. The maximum absolute atomic E-state index is 13.0. The number of nitrogens with two attached hydrogens (primary N) is 1. The Morgan fingerprint density at radius 3 is 2.68 bits per heavy atom. The maximum Gasteiger partial charge on any atom is 0.352 e. The molecule has 0 aliphatic carbocycles. The highest BCUT2D eigenvalue weighted by atomic mass is 32.2. The fraction of sp³-hybridized carbons (Fsp3) is 0.400. The molecule has 1 saturated heterocycles. The van der Waals surface area contributed by atoms with Gasteiger partial charge in [-0.15, -0.1) is 23.1 Å². The number of nitrogens with one attached hydrogen (secondary N) is 1. The molecule has 0 saturated carbocycles. The topological polar surface area (TPSA) is 185 Å². The second-order valence-corrected chi connectivity index (χ2v) is 9.76. The third-order valence-corrected chi connectivity index (χ3v) is 6.88. The fourth-order valence-electron chi connectivity index (χ4n) is 3.04. The lowest BCUT2D eigenvalue weighted by Gasteiger charge is -2.49. The molecule has 3 rings (SSSR count). The first-order valence-corrected chi connectivity index (χ1v) is 12.0. The Bertz CT molecular complexity index is 1120. The number of aromatic nitrogens is 1.